The first kappa shape index (κ1) is 10.6. The summed E-state index contributed by atoms with van der Waals surface area (Å²) in [6, 6.07) is 5.89. The van der Waals surface area contributed by atoms with E-state index >= 15 is 0 Å². The van der Waals surface area contributed by atoms with E-state index in [2.05, 4.69) is 12.6 Å². The summed E-state index contributed by atoms with van der Waals surface area (Å²) in [5.74, 6) is 2.40. The van der Waals surface area contributed by atoms with Gasteiger partial charge >= 0.3 is 0 Å². The number of ether oxygens (including phenoxy) is 2. The molecule has 2 rings (SSSR count). The molecule has 0 spiro atoms. The van der Waals surface area contributed by atoms with Gasteiger partial charge in [-0.05, 0) is 29.9 Å². The van der Waals surface area contributed by atoms with Crippen LogP contribution in [0.4, 0.5) is 0 Å². The van der Waals surface area contributed by atoms with Crippen LogP contribution in [0.2, 0.25) is 0 Å². The van der Waals surface area contributed by atoms with Crippen molar-refractivity contribution in [2.75, 3.05) is 19.0 Å². The molecule has 1 aliphatic rings. The fourth-order valence-corrected chi connectivity index (χ4v) is 1.87. The second-order valence-corrected chi connectivity index (χ2v) is 3.97. The summed E-state index contributed by atoms with van der Waals surface area (Å²) in [6.45, 7) is 1.23. The highest BCUT2D eigenvalue weighted by molar-refractivity contribution is 7.80. The number of hydrogen-bond acceptors (Lipinski definition) is 4. The molecule has 2 N–H and O–H groups in total. The van der Waals surface area contributed by atoms with Crippen molar-refractivity contribution in [3.63, 3.8) is 0 Å². The Kier molecular flexibility index (Phi) is 3.38. The van der Waals surface area contributed by atoms with Crippen LogP contribution in [0.25, 0.3) is 0 Å². The van der Waals surface area contributed by atoms with Crippen molar-refractivity contribution in [2.45, 2.75) is 12.5 Å². The van der Waals surface area contributed by atoms with Gasteiger partial charge in [-0.2, -0.15) is 12.6 Å². The molecule has 15 heavy (non-hydrogen) atoms. The lowest BCUT2D eigenvalue weighted by molar-refractivity contribution is 0.171. The molecule has 4 heteroatoms. The zero-order valence-electron chi connectivity index (χ0n) is 8.48. The number of nitrogens with two attached hydrogens (primary N) is 1. The summed E-state index contributed by atoms with van der Waals surface area (Å²) < 4.78 is 10.9. The quantitative estimate of drug-likeness (QED) is 0.771. The van der Waals surface area contributed by atoms with Crippen LogP contribution in [0, 0.1) is 0 Å². The SMILES string of the molecule is NC(CCS)c1ccc2c(c1)OCCO2. The standard InChI is InChI=1S/C11H15NO2S/c12-9(3-6-15)8-1-2-10-11(7-8)14-5-4-13-10/h1-2,7,9,15H,3-6,12H2. The van der Waals surface area contributed by atoms with Crippen LogP contribution in [0.3, 0.4) is 0 Å². The second kappa shape index (κ2) is 4.77. The van der Waals surface area contributed by atoms with Gasteiger partial charge in [-0.25, -0.2) is 0 Å². The first-order chi connectivity index (χ1) is 7.31. The lowest BCUT2D eigenvalue weighted by Crippen LogP contribution is -2.16. The monoisotopic (exact) mass is 225 g/mol. The van der Waals surface area contributed by atoms with Crippen LogP contribution in [0.1, 0.15) is 18.0 Å². The smallest absolute Gasteiger partial charge is 0.161 e. The lowest BCUT2D eigenvalue weighted by Gasteiger charge is -2.20. The van der Waals surface area contributed by atoms with Crippen molar-refractivity contribution in [3.8, 4) is 11.5 Å². The van der Waals surface area contributed by atoms with Gasteiger partial charge in [0.25, 0.3) is 0 Å². The molecule has 0 amide bonds. The molecule has 0 aliphatic carbocycles. The molecule has 82 valence electrons. The normalized spacial score (nSPS) is 16.1. The molecule has 1 aromatic carbocycles. The number of hydrogen-bond donors (Lipinski definition) is 2. The van der Waals surface area contributed by atoms with E-state index in [1.807, 2.05) is 18.2 Å². The van der Waals surface area contributed by atoms with E-state index in [1.54, 1.807) is 0 Å². The number of thiol groups is 1. The van der Waals surface area contributed by atoms with Gasteiger partial charge in [0.2, 0.25) is 0 Å². The third kappa shape index (κ3) is 2.38. The minimum Gasteiger partial charge on any atom is -0.486 e. The maximum Gasteiger partial charge on any atom is 0.161 e. The molecular formula is C11H15NO2S. The minimum atomic E-state index is 0.0262. The second-order valence-electron chi connectivity index (χ2n) is 3.52. The summed E-state index contributed by atoms with van der Waals surface area (Å²) in [6.07, 6.45) is 0.864. The predicted octanol–water partition coefficient (Wildman–Crippen LogP) is 1.78. The van der Waals surface area contributed by atoms with Gasteiger partial charge in [0.1, 0.15) is 13.2 Å². The van der Waals surface area contributed by atoms with Crippen molar-refractivity contribution in [2.24, 2.45) is 5.73 Å². The van der Waals surface area contributed by atoms with E-state index < -0.39 is 0 Å². The van der Waals surface area contributed by atoms with Crippen molar-refractivity contribution in [3.05, 3.63) is 23.8 Å². The minimum absolute atomic E-state index is 0.0262. The molecule has 1 heterocycles. The van der Waals surface area contributed by atoms with E-state index in [1.165, 1.54) is 0 Å². The largest absolute Gasteiger partial charge is 0.486 e. The molecular weight excluding hydrogens is 210 g/mol. The predicted molar refractivity (Wildman–Crippen MR) is 62.8 cm³/mol. The van der Waals surface area contributed by atoms with E-state index in [-0.39, 0.29) is 6.04 Å². The summed E-state index contributed by atoms with van der Waals surface area (Å²) in [7, 11) is 0. The Hall–Kier alpha value is -0.870. The average molecular weight is 225 g/mol. The van der Waals surface area contributed by atoms with Crippen molar-refractivity contribution in [1.29, 1.82) is 0 Å². The van der Waals surface area contributed by atoms with Crippen LogP contribution in [0.15, 0.2) is 18.2 Å². The van der Waals surface area contributed by atoms with Crippen LogP contribution in [0.5, 0.6) is 11.5 Å². The summed E-state index contributed by atoms with van der Waals surface area (Å²) in [5, 5.41) is 0. The molecule has 0 radical (unpaired) electrons. The third-order valence-corrected chi connectivity index (χ3v) is 2.69. The van der Waals surface area contributed by atoms with E-state index in [4.69, 9.17) is 15.2 Å². The van der Waals surface area contributed by atoms with Gasteiger partial charge in [-0.15, -0.1) is 0 Å². The lowest BCUT2D eigenvalue weighted by atomic mass is 10.0. The van der Waals surface area contributed by atoms with Gasteiger partial charge < -0.3 is 15.2 Å². The molecule has 1 aromatic rings. The van der Waals surface area contributed by atoms with Crippen molar-refractivity contribution in [1.82, 2.24) is 0 Å². The summed E-state index contributed by atoms with van der Waals surface area (Å²) in [4.78, 5) is 0. The third-order valence-electron chi connectivity index (χ3n) is 2.43. The van der Waals surface area contributed by atoms with Crippen LogP contribution in [-0.4, -0.2) is 19.0 Å². The first-order valence-corrected chi connectivity index (χ1v) is 5.70. The molecule has 1 atom stereocenters. The van der Waals surface area contributed by atoms with E-state index in [0.29, 0.717) is 13.2 Å². The Labute approximate surface area is 95.0 Å². The Morgan fingerprint density at radius 1 is 1.27 bits per heavy atom. The molecule has 0 fully saturated rings. The Bertz CT molecular complexity index is 343. The fraction of sp³-hybridized carbons (Fsp3) is 0.455. The highest BCUT2D eigenvalue weighted by Gasteiger charge is 2.14. The van der Waals surface area contributed by atoms with Crippen molar-refractivity contribution < 1.29 is 9.47 Å². The van der Waals surface area contributed by atoms with Gasteiger partial charge in [-0.3, -0.25) is 0 Å². The molecule has 0 bridgehead atoms. The molecule has 0 saturated carbocycles. The highest BCUT2D eigenvalue weighted by atomic mass is 32.1. The molecule has 0 saturated heterocycles. The molecule has 3 nitrogen and oxygen atoms in total. The van der Waals surface area contributed by atoms with Gasteiger partial charge in [0.15, 0.2) is 11.5 Å². The van der Waals surface area contributed by atoms with Gasteiger partial charge in [-0.1, -0.05) is 6.07 Å². The maximum atomic E-state index is 5.99. The van der Waals surface area contributed by atoms with E-state index in [9.17, 15) is 0 Å². The van der Waals surface area contributed by atoms with Crippen LogP contribution < -0.4 is 15.2 Å². The molecule has 1 aliphatic heterocycles. The van der Waals surface area contributed by atoms with Crippen molar-refractivity contribution >= 4 is 12.6 Å². The van der Waals surface area contributed by atoms with Gasteiger partial charge in [0.05, 0.1) is 0 Å². The van der Waals surface area contributed by atoms with E-state index in [0.717, 1.165) is 29.2 Å². The Morgan fingerprint density at radius 3 is 2.73 bits per heavy atom. The van der Waals surface area contributed by atoms with Crippen LogP contribution >= 0.6 is 12.6 Å². The topological polar surface area (TPSA) is 44.5 Å². The zero-order chi connectivity index (χ0) is 10.7. The number of benzene rings is 1. The average Bonchev–Trinajstić information content (AvgIpc) is 2.29. The first-order valence-electron chi connectivity index (χ1n) is 5.07. The molecule has 0 aromatic heterocycles. The number of rotatable bonds is 3. The maximum absolute atomic E-state index is 5.99. The fourth-order valence-electron chi connectivity index (χ4n) is 1.60. The summed E-state index contributed by atoms with van der Waals surface area (Å²) in [5.41, 5.74) is 7.07. The molecule has 1 unspecified atom stereocenters. The summed E-state index contributed by atoms with van der Waals surface area (Å²) >= 11 is 4.17. The van der Waals surface area contributed by atoms with Crippen LogP contribution in [-0.2, 0) is 0 Å². The Morgan fingerprint density at radius 2 is 2.00 bits per heavy atom. The zero-order valence-corrected chi connectivity index (χ0v) is 9.37. The highest BCUT2D eigenvalue weighted by Crippen LogP contribution is 2.32. The Balaban J connectivity index is 2.20. The number of fused-ring (bicyclic) bond motifs is 1. The van der Waals surface area contributed by atoms with Gasteiger partial charge in [0, 0.05) is 6.04 Å².